The van der Waals surface area contributed by atoms with Crippen LogP contribution in [0.2, 0.25) is 0 Å². The molecule has 6 nitrogen and oxygen atoms in total. The summed E-state index contributed by atoms with van der Waals surface area (Å²) in [5, 5.41) is 11.7. The lowest BCUT2D eigenvalue weighted by atomic mass is 9.71. The zero-order chi connectivity index (χ0) is 20.6. The van der Waals surface area contributed by atoms with Crippen molar-refractivity contribution in [2.75, 3.05) is 13.1 Å². The van der Waals surface area contributed by atoms with Crippen LogP contribution in [-0.2, 0) is 11.2 Å². The minimum Gasteiger partial charge on any atom is -0.481 e. The van der Waals surface area contributed by atoms with Crippen molar-refractivity contribution in [3.63, 3.8) is 0 Å². The van der Waals surface area contributed by atoms with Crippen LogP contribution in [0.25, 0.3) is 11.0 Å². The molecule has 3 atom stereocenters. The van der Waals surface area contributed by atoms with Gasteiger partial charge in [0.05, 0.1) is 5.60 Å². The van der Waals surface area contributed by atoms with Crippen molar-refractivity contribution < 1.29 is 19.1 Å². The first kappa shape index (κ1) is 20.0. The van der Waals surface area contributed by atoms with E-state index in [-0.39, 0.29) is 17.5 Å². The SMILES string of the molecule is CCc1cc(=O)oc2cc(O[C@H](C)C(=O)N3CC[C@]4(O)CCCC[C@@H]4C3)ccc12. The molecule has 4 rings (SSSR count). The number of nitrogens with zero attached hydrogens (tertiary/aromatic N) is 1. The first-order valence-electron chi connectivity index (χ1n) is 10.6. The molecule has 6 heteroatoms. The lowest BCUT2D eigenvalue weighted by molar-refractivity contribution is -0.149. The van der Waals surface area contributed by atoms with Gasteiger partial charge in [0, 0.05) is 36.5 Å². The normalized spacial score (nSPS) is 25.5. The first-order valence-corrected chi connectivity index (χ1v) is 10.6. The quantitative estimate of drug-likeness (QED) is 0.798. The van der Waals surface area contributed by atoms with Crippen LogP contribution < -0.4 is 10.4 Å². The number of hydrogen-bond donors (Lipinski definition) is 1. The summed E-state index contributed by atoms with van der Waals surface area (Å²) in [5.41, 5.74) is 0.410. The molecule has 1 saturated carbocycles. The Hall–Kier alpha value is -2.34. The van der Waals surface area contributed by atoms with Gasteiger partial charge in [-0.05, 0) is 50.3 Å². The fourth-order valence-electron chi connectivity index (χ4n) is 4.86. The van der Waals surface area contributed by atoms with E-state index in [1.807, 2.05) is 17.9 Å². The third-order valence-electron chi connectivity index (χ3n) is 6.58. The Balaban J connectivity index is 1.47. The fourth-order valence-corrected chi connectivity index (χ4v) is 4.86. The lowest BCUT2D eigenvalue weighted by Crippen LogP contribution is -2.56. The molecule has 1 N–H and O–H groups in total. The molecule has 2 heterocycles. The van der Waals surface area contributed by atoms with Crippen molar-refractivity contribution in [3.05, 3.63) is 40.2 Å². The third kappa shape index (κ3) is 3.90. The lowest BCUT2D eigenvalue weighted by Gasteiger charge is -2.47. The highest BCUT2D eigenvalue weighted by Gasteiger charge is 2.44. The van der Waals surface area contributed by atoms with Gasteiger partial charge in [-0.2, -0.15) is 0 Å². The van der Waals surface area contributed by atoms with Crippen molar-refractivity contribution in [1.29, 1.82) is 0 Å². The highest BCUT2D eigenvalue weighted by Crippen LogP contribution is 2.40. The van der Waals surface area contributed by atoms with E-state index in [0.29, 0.717) is 30.8 Å². The van der Waals surface area contributed by atoms with E-state index in [9.17, 15) is 14.7 Å². The maximum absolute atomic E-state index is 12.9. The molecular weight excluding hydrogens is 370 g/mol. The van der Waals surface area contributed by atoms with Gasteiger partial charge in [-0.25, -0.2) is 4.79 Å². The average Bonchev–Trinajstić information content (AvgIpc) is 2.71. The van der Waals surface area contributed by atoms with Gasteiger partial charge in [0.15, 0.2) is 6.10 Å². The topological polar surface area (TPSA) is 80.0 Å². The number of hydrogen-bond acceptors (Lipinski definition) is 5. The van der Waals surface area contributed by atoms with E-state index in [1.165, 1.54) is 6.07 Å². The van der Waals surface area contributed by atoms with Crippen LogP contribution >= 0.6 is 0 Å². The molecule has 2 fully saturated rings. The summed E-state index contributed by atoms with van der Waals surface area (Å²) in [6.45, 7) is 4.89. The Kier molecular flexibility index (Phi) is 5.38. The number of aliphatic hydroxyl groups is 1. The average molecular weight is 399 g/mol. The van der Waals surface area contributed by atoms with Crippen LogP contribution in [0, 0.1) is 5.92 Å². The summed E-state index contributed by atoms with van der Waals surface area (Å²) < 4.78 is 11.2. The number of aryl methyl sites for hydroxylation is 1. The molecule has 0 unspecified atom stereocenters. The van der Waals surface area contributed by atoms with Crippen molar-refractivity contribution in [2.24, 2.45) is 5.92 Å². The van der Waals surface area contributed by atoms with Crippen LogP contribution in [0.4, 0.5) is 0 Å². The Morgan fingerprint density at radius 3 is 2.97 bits per heavy atom. The molecule has 1 aliphatic carbocycles. The number of rotatable bonds is 4. The van der Waals surface area contributed by atoms with E-state index in [0.717, 1.165) is 43.1 Å². The number of ether oxygens (including phenoxy) is 1. The number of benzene rings is 1. The number of carbonyl (C=O) groups is 1. The molecular formula is C23H29NO5. The largest absolute Gasteiger partial charge is 0.481 e. The Morgan fingerprint density at radius 2 is 2.17 bits per heavy atom. The number of piperidine rings is 1. The molecule has 1 aromatic carbocycles. The first-order chi connectivity index (χ1) is 13.9. The fraction of sp³-hybridized carbons (Fsp3) is 0.565. The zero-order valence-electron chi connectivity index (χ0n) is 17.1. The van der Waals surface area contributed by atoms with E-state index in [1.54, 1.807) is 19.1 Å². The van der Waals surface area contributed by atoms with Crippen LogP contribution in [0.5, 0.6) is 5.75 Å². The summed E-state index contributed by atoms with van der Waals surface area (Å²) in [6, 6.07) is 6.86. The Labute approximate surface area is 170 Å². The van der Waals surface area contributed by atoms with Gasteiger partial charge in [0.1, 0.15) is 11.3 Å². The monoisotopic (exact) mass is 399 g/mol. The van der Waals surface area contributed by atoms with E-state index < -0.39 is 11.7 Å². The summed E-state index contributed by atoms with van der Waals surface area (Å²) in [4.78, 5) is 26.5. The van der Waals surface area contributed by atoms with Crippen LogP contribution in [-0.4, -0.2) is 40.7 Å². The Morgan fingerprint density at radius 1 is 1.34 bits per heavy atom. The van der Waals surface area contributed by atoms with Gasteiger partial charge in [-0.3, -0.25) is 4.79 Å². The molecule has 1 amide bonds. The van der Waals surface area contributed by atoms with Gasteiger partial charge in [0.25, 0.3) is 5.91 Å². The maximum Gasteiger partial charge on any atom is 0.336 e. The minimum absolute atomic E-state index is 0.0681. The van der Waals surface area contributed by atoms with Crippen molar-refractivity contribution >= 4 is 16.9 Å². The van der Waals surface area contributed by atoms with Gasteiger partial charge in [-0.15, -0.1) is 0 Å². The number of amides is 1. The van der Waals surface area contributed by atoms with Crippen molar-refractivity contribution in [3.8, 4) is 5.75 Å². The maximum atomic E-state index is 12.9. The highest BCUT2D eigenvalue weighted by molar-refractivity contribution is 5.83. The molecule has 1 saturated heterocycles. The number of likely N-dealkylation sites (tertiary alicyclic amines) is 1. The predicted molar refractivity (Wildman–Crippen MR) is 110 cm³/mol. The second-order valence-corrected chi connectivity index (χ2v) is 8.44. The van der Waals surface area contributed by atoms with Crippen molar-refractivity contribution in [2.45, 2.75) is 64.1 Å². The summed E-state index contributed by atoms with van der Waals surface area (Å²) in [7, 11) is 0. The molecule has 1 aromatic heterocycles. The molecule has 2 aliphatic rings. The second-order valence-electron chi connectivity index (χ2n) is 8.44. The molecule has 156 valence electrons. The predicted octanol–water partition coefficient (Wildman–Crippen LogP) is 3.28. The van der Waals surface area contributed by atoms with Crippen LogP contribution in [0.3, 0.4) is 0 Å². The third-order valence-corrected chi connectivity index (χ3v) is 6.58. The van der Waals surface area contributed by atoms with Crippen LogP contribution in [0.1, 0.15) is 51.5 Å². The number of fused-ring (bicyclic) bond motifs is 2. The molecule has 29 heavy (non-hydrogen) atoms. The zero-order valence-corrected chi connectivity index (χ0v) is 17.1. The minimum atomic E-state index is -0.650. The molecule has 0 bridgehead atoms. The molecule has 2 aromatic rings. The Bertz CT molecular complexity index is 967. The van der Waals surface area contributed by atoms with Crippen molar-refractivity contribution in [1.82, 2.24) is 4.90 Å². The van der Waals surface area contributed by atoms with Gasteiger partial charge < -0.3 is 19.2 Å². The van der Waals surface area contributed by atoms with E-state index in [4.69, 9.17) is 9.15 Å². The summed E-state index contributed by atoms with van der Waals surface area (Å²) in [6.07, 6.45) is 4.72. The molecule has 0 radical (unpaired) electrons. The van der Waals surface area contributed by atoms with Gasteiger partial charge in [-0.1, -0.05) is 19.8 Å². The standard InChI is InChI=1S/C23H29NO5/c1-3-16-12-21(25)29-20-13-18(7-8-19(16)20)28-15(2)22(26)24-11-10-23(27)9-5-4-6-17(23)14-24/h7-8,12-13,15,17,27H,3-6,9-11,14H2,1-2H3/t15-,17-,23-/m1/s1. The smallest absolute Gasteiger partial charge is 0.336 e. The molecule has 0 spiro atoms. The molecule has 1 aliphatic heterocycles. The van der Waals surface area contributed by atoms with Crippen LogP contribution in [0.15, 0.2) is 33.5 Å². The number of carbonyl (C=O) groups excluding carboxylic acids is 1. The van der Waals surface area contributed by atoms with E-state index >= 15 is 0 Å². The summed E-state index contributed by atoms with van der Waals surface area (Å²) in [5.74, 6) is 0.589. The van der Waals surface area contributed by atoms with Gasteiger partial charge in [0.2, 0.25) is 0 Å². The highest BCUT2D eigenvalue weighted by atomic mass is 16.5. The second kappa shape index (κ2) is 7.82. The van der Waals surface area contributed by atoms with Gasteiger partial charge >= 0.3 is 5.63 Å². The summed E-state index contributed by atoms with van der Waals surface area (Å²) >= 11 is 0. The van der Waals surface area contributed by atoms with E-state index in [2.05, 4.69) is 0 Å².